The standard InChI is InChI=1S/C33H30ClN/c1-21-6-12-25(13-7-21)24(4)29-18-28(34)19-30-31(26-14-8-22(2)9-15-26)20-33(5,35-32(29)30)27-16-10-23(3)11-17-27/h6-20,35H,4H2,1-3,5H3. The van der Waals surface area contributed by atoms with Gasteiger partial charge in [0, 0.05) is 16.1 Å². The summed E-state index contributed by atoms with van der Waals surface area (Å²) in [5.41, 5.74) is 12.1. The number of rotatable bonds is 4. The number of anilines is 1. The molecule has 1 nitrogen and oxygen atoms in total. The van der Waals surface area contributed by atoms with Crippen molar-refractivity contribution in [2.75, 3.05) is 5.32 Å². The van der Waals surface area contributed by atoms with E-state index >= 15 is 0 Å². The molecule has 1 unspecified atom stereocenters. The van der Waals surface area contributed by atoms with Gasteiger partial charge in [-0.05, 0) is 73.7 Å². The van der Waals surface area contributed by atoms with Crippen molar-refractivity contribution in [3.63, 3.8) is 0 Å². The Morgan fingerprint density at radius 2 is 1.31 bits per heavy atom. The van der Waals surface area contributed by atoms with Gasteiger partial charge < -0.3 is 5.32 Å². The topological polar surface area (TPSA) is 12.0 Å². The molecular weight excluding hydrogens is 446 g/mol. The zero-order valence-corrected chi connectivity index (χ0v) is 21.5. The second-order valence-corrected chi connectivity index (χ2v) is 10.3. The Labute approximate surface area is 213 Å². The lowest BCUT2D eigenvalue weighted by atomic mass is 9.79. The first-order valence-electron chi connectivity index (χ1n) is 12.0. The molecule has 0 fully saturated rings. The molecule has 5 rings (SSSR count). The smallest absolute Gasteiger partial charge is 0.0790 e. The molecule has 0 saturated heterocycles. The third-order valence-electron chi connectivity index (χ3n) is 6.95. The summed E-state index contributed by atoms with van der Waals surface area (Å²) in [6.07, 6.45) is 2.33. The van der Waals surface area contributed by atoms with Crippen molar-refractivity contribution in [2.45, 2.75) is 33.2 Å². The van der Waals surface area contributed by atoms with Gasteiger partial charge in [0.15, 0.2) is 0 Å². The molecule has 35 heavy (non-hydrogen) atoms. The van der Waals surface area contributed by atoms with E-state index in [1.807, 2.05) is 6.07 Å². The zero-order valence-electron chi connectivity index (χ0n) is 20.7. The summed E-state index contributed by atoms with van der Waals surface area (Å²) >= 11 is 6.73. The van der Waals surface area contributed by atoms with Crippen LogP contribution < -0.4 is 5.32 Å². The quantitative estimate of drug-likeness (QED) is 0.310. The lowest BCUT2D eigenvalue weighted by molar-refractivity contribution is 0.685. The van der Waals surface area contributed by atoms with E-state index in [1.54, 1.807) is 0 Å². The van der Waals surface area contributed by atoms with Gasteiger partial charge in [0.25, 0.3) is 0 Å². The lowest BCUT2D eigenvalue weighted by Crippen LogP contribution is -2.33. The molecule has 1 heterocycles. The monoisotopic (exact) mass is 475 g/mol. The Kier molecular flexibility index (Phi) is 5.91. The van der Waals surface area contributed by atoms with E-state index in [0.717, 1.165) is 28.0 Å². The van der Waals surface area contributed by atoms with Gasteiger partial charge in [0.2, 0.25) is 0 Å². The molecule has 1 N–H and O–H groups in total. The highest BCUT2D eigenvalue weighted by molar-refractivity contribution is 6.31. The average Bonchev–Trinajstić information content (AvgIpc) is 2.84. The van der Waals surface area contributed by atoms with E-state index in [4.69, 9.17) is 11.6 Å². The number of hydrogen-bond acceptors (Lipinski definition) is 1. The summed E-state index contributed by atoms with van der Waals surface area (Å²) in [6, 6.07) is 30.1. The van der Waals surface area contributed by atoms with Crippen LogP contribution in [0, 0.1) is 20.8 Å². The van der Waals surface area contributed by atoms with E-state index in [-0.39, 0.29) is 0 Å². The molecule has 1 atom stereocenters. The molecule has 0 bridgehead atoms. The minimum Gasteiger partial charge on any atom is -0.371 e. The Morgan fingerprint density at radius 3 is 1.91 bits per heavy atom. The van der Waals surface area contributed by atoms with Gasteiger partial charge in [-0.15, -0.1) is 0 Å². The van der Waals surface area contributed by atoms with Crippen LogP contribution in [0.1, 0.15) is 51.4 Å². The van der Waals surface area contributed by atoms with Crippen LogP contribution in [0.25, 0.3) is 11.1 Å². The number of nitrogens with one attached hydrogen (secondary N) is 1. The van der Waals surface area contributed by atoms with Crippen LogP contribution in [0.15, 0.2) is 97.6 Å². The van der Waals surface area contributed by atoms with Gasteiger partial charge in [-0.2, -0.15) is 0 Å². The van der Waals surface area contributed by atoms with Gasteiger partial charge in [-0.3, -0.25) is 0 Å². The van der Waals surface area contributed by atoms with Gasteiger partial charge in [0.1, 0.15) is 0 Å². The molecule has 1 aliphatic heterocycles. The highest BCUT2D eigenvalue weighted by atomic mass is 35.5. The van der Waals surface area contributed by atoms with Crippen molar-refractivity contribution in [3.05, 3.63) is 147 Å². The molecule has 1 aliphatic rings. The number of hydrogen-bond donors (Lipinski definition) is 1. The summed E-state index contributed by atoms with van der Waals surface area (Å²) in [6.45, 7) is 13.1. The summed E-state index contributed by atoms with van der Waals surface area (Å²) in [5, 5.41) is 4.58. The predicted octanol–water partition coefficient (Wildman–Crippen LogP) is 9.10. The van der Waals surface area contributed by atoms with Crippen LogP contribution in [-0.4, -0.2) is 0 Å². The van der Waals surface area contributed by atoms with Gasteiger partial charge in [0.05, 0.1) is 11.2 Å². The van der Waals surface area contributed by atoms with Crippen LogP contribution in [0.2, 0.25) is 5.02 Å². The predicted molar refractivity (Wildman–Crippen MR) is 151 cm³/mol. The summed E-state index contributed by atoms with van der Waals surface area (Å²) < 4.78 is 0. The maximum Gasteiger partial charge on any atom is 0.0790 e. The molecule has 0 aromatic heterocycles. The first kappa shape index (κ1) is 23.2. The SMILES string of the molecule is C=C(c1ccc(C)cc1)c1cc(Cl)cc2c1NC(C)(c1ccc(C)cc1)C=C2c1ccc(C)cc1. The maximum atomic E-state index is 6.73. The minimum absolute atomic E-state index is 0.406. The van der Waals surface area contributed by atoms with Gasteiger partial charge in [-0.25, -0.2) is 0 Å². The zero-order chi connectivity index (χ0) is 24.7. The van der Waals surface area contributed by atoms with E-state index in [1.165, 1.54) is 33.4 Å². The van der Waals surface area contributed by atoms with E-state index < -0.39 is 5.54 Å². The third kappa shape index (κ3) is 4.45. The van der Waals surface area contributed by atoms with Crippen molar-refractivity contribution >= 4 is 28.4 Å². The average molecular weight is 476 g/mol. The van der Waals surface area contributed by atoms with Crippen molar-refractivity contribution in [2.24, 2.45) is 0 Å². The summed E-state index contributed by atoms with van der Waals surface area (Å²) in [4.78, 5) is 0. The van der Waals surface area contributed by atoms with Crippen molar-refractivity contribution in [1.82, 2.24) is 0 Å². The highest BCUT2D eigenvalue weighted by Gasteiger charge is 2.33. The largest absolute Gasteiger partial charge is 0.371 e. The summed E-state index contributed by atoms with van der Waals surface area (Å²) in [7, 11) is 0. The fraction of sp³-hybridized carbons (Fsp3) is 0.152. The van der Waals surface area contributed by atoms with E-state index in [2.05, 4.69) is 125 Å². The molecule has 0 amide bonds. The van der Waals surface area contributed by atoms with Gasteiger partial charge >= 0.3 is 0 Å². The minimum atomic E-state index is -0.406. The molecule has 0 spiro atoms. The molecule has 0 radical (unpaired) electrons. The lowest BCUT2D eigenvalue weighted by Gasteiger charge is -2.37. The van der Waals surface area contributed by atoms with Crippen molar-refractivity contribution < 1.29 is 0 Å². The Bertz CT molecular complexity index is 1440. The summed E-state index contributed by atoms with van der Waals surface area (Å²) in [5.74, 6) is 0. The highest BCUT2D eigenvalue weighted by Crippen LogP contribution is 2.46. The third-order valence-corrected chi connectivity index (χ3v) is 7.17. The van der Waals surface area contributed by atoms with Crippen LogP contribution in [-0.2, 0) is 5.54 Å². The van der Waals surface area contributed by atoms with Crippen molar-refractivity contribution in [3.8, 4) is 0 Å². The molecule has 0 aliphatic carbocycles. The fourth-order valence-corrected chi connectivity index (χ4v) is 5.01. The molecule has 4 aromatic rings. The Morgan fingerprint density at radius 1 is 0.771 bits per heavy atom. The van der Waals surface area contributed by atoms with Crippen molar-refractivity contribution in [1.29, 1.82) is 0 Å². The molecular formula is C33H30ClN. The Balaban J connectivity index is 1.74. The number of aryl methyl sites for hydroxylation is 3. The second kappa shape index (κ2) is 8.91. The van der Waals surface area contributed by atoms with E-state index in [9.17, 15) is 0 Å². The molecule has 4 aromatic carbocycles. The fourth-order valence-electron chi connectivity index (χ4n) is 4.79. The molecule has 174 valence electrons. The first-order chi connectivity index (χ1) is 16.7. The van der Waals surface area contributed by atoms with E-state index in [0.29, 0.717) is 5.02 Å². The maximum absolute atomic E-state index is 6.73. The molecule has 2 heteroatoms. The Hall–Kier alpha value is -3.55. The number of fused-ring (bicyclic) bond motifs is 1. The van der Waals surface area contributed by atoms with Gasteiger partial charge in [-0.1, -0.05) is 108 Å². The van der Waals surface area contributed by atoms with Crippen LogP contribution in [0.5, 0.6) is 0 Å². The normalized spacial score (nSPS) is 16.8. The second-order valence-electron chi connectivity index (χ2n) is 9.84. The van der Waals surface area contributed by atoms with Crippen LogP contribution in [0.3, 0.4) is 0 Å². The molecule has 0 saturated carbocycles. The van der Waals surface area contributed by atoms with Crippen LogP contribution >= 0.6 is 11.6 Å². The van der Waals surface area contributed by atoms with Crippen LogP contribution in [0.4, 0.5) is 5.69 Å². The first-order valence-corrected chi connectivity index (χ1v) is 12.4. The number of benzene rings is 4. The number of halogens is 1.